The van der Waals surface area contributed by atoms with E-state index < -0.39 is 49.3 Å². The van der Waals surface area contributed by atoms with E-state index in [-0.39, 0.29) is 4.70 Å². The first-order valence-corrected chi connectivity index (χ1v) is 9.04. The van der Waals surface area contributed by atoms with E-state index in [1.807, 2.05) is 0 Å². The van der Waals surface area contributed by atoms with E-state index in [0.29, 0.717) is 26.3 Å². The second kappa shape index (κ2) is 10.0. The maximum absolute atomic E-state index is 13.7. The van der Waals surface area contributed by atoms with Crippen molar-refractivity contribution in [1.82, 2.24) is 9.80 Å². The van der Waals surface area contributed by atoms with E-state index in [0.717, 1.165) is 0 Å². The molecular weight excluding hydrogens is 456 g/mol. The molecule has 4 nitrogen and oxygen atoms in total. The number of hydrogen-bond donors (Lipinski definition) is 0. The Labute approximate surface area is 157 Å². The molecule has 1 aliphatic heterocycles. The fourth-order valence-corrected chi connectivity index (χ4v) is 2.10. The van der Waals surface area contributed by atoms with Crippen molar-refractivity contribution in [2.24, 2.45) is 0 Å². The van der Waals surface area contributed by atoms with E-state index in [9.17, 15) is 42.9 Å². The smallest absolute Gasteiger partial charge is 1.00 e. The van der Waals surface area contributed by atoms with Crippen molar-refractivity contribution < 1.29 is 57.1 Å². The van der Waals surface area contributed by atoms with E-state index >= 15 is 0 Å². The Bertz CT molecular complexity index is 648. The topological polar surface area (TPSA) is 24.9 Å². The Morgan fingerprint density at radius 1 is 0.828 bits per heavy atom. The van der Waals surface area contributed by atoms with Gasteiger partial charge in [-0.2, -0.15) is 8.78 Å². The van der Waals surface area contributed by atoms with Crippen molar-refractivity contribution in [1.29, 1.82) is 0 Å². The van der Waals surface area contributed by atoms with Crippen molar-refractivity contribution in [3.8, 4) is 5.75 Å². The van der Waals surface area contributed by atoms with Crippen molar-refractivity contribution >= 4 is 8.16 Å². The van der Waals surface area contributed by atoms with Gasteiger partial charge in [0.1, 0.15) is 0 Å². The van der Waals surface area contributed by atoms with Gasteiger partial charge in [0.15, 0.2) is 0 Å². The average Bonchev–Trinajstić information content (AvgIpc) is 2.56. The van der Waals surface area contributed by atoms with E-state index in [2.05, 4.69) is 0 Å². The van der Waals surface area contributed by atoms with Crippen LogP contribution in [0.5, 0.6) is 5.75 Å². The van der Waals surface area contributed by atoms with Crippen LogP contribution in [0.4, 0.5) is 42.9 Å². The third kappa shape index (κ3) is 8.84. The van der Waals surface area contributed by atoms with Gasteiger partial charge in [-0.3, -0.25) is 9.80 Å². The summed E-state index contributed by atoms with van der Waals surface area (Å²) in [4.78, 5) is 3.13. The van der Waals surface area contributed by atoms with Gasteiger partial charge in [-0.15, -0.1) is 0 Å². The van der Waals surface area contributed by atoms with Gasteiger partial charge in [0.2, 0.25) is 41.2 Å². The number of halogens is 11. The summed E-state index contributed by atoms with van der Waals surface area (Å²) in [5.74, 6) is -11.5. The molecule has 0 spiro atoms. The second-order valence-electron chi connectivity index (χ2n) is 5.59. The minimum Gasteiger partial charge on any atom is -1.00 e. The van der Waals surface area contributed by atoms with Crippen molar-refractivity contribution in [3.63, 3.8) is 0 Å². The summed E-state index contributed by atoms with van der Waals surface area (Å²) in [5, 5.41) is 0. The molecule has 1 fully saturated rings. The summed E-state index contributed by atoms with van der Waals surface area (Å²) in [6.45, 7) is 1.56. The second-order valence-corrected chi connectivity index (χ2v) is 6.87. The monoisotopic (exact) mass is 471 g/mol. The SMILES string of the molecule is CN(C)C(Oc1c(F)c(F)c(F)c(F)c1F)N1CCOCC1.FP(F)(F)(F)F.[F-]. The van der Waals surface area contributed by atoms with Gasteiger partial charge in [0.25, 0.3) is 0 Å². The molecule has 1 atom stereocenters. The normalized spacial score (nSPS) is 17.5. The summed E-state index contributed by atoms with van der Waals surface area (Å²) < 4.78 is 126. The first-order chi connectivity index (χ1) is 12.6. The summed E-state index contributed by atoms with van der Waals surface area (Å²) in [7, 11) is -5.43. The molecule has 0 aromatic heterocycles. The summed E-state index contributed by atoms with van der Waals surface area (Å²) in [6.07, 6.45) is -0.989. The Kier molecular flexibility index (Phi) is 9.55. The molecule has 0 radical (unpaired) electrons. The fourth-order valence-electron chi connectivity index (χ4n) is 2.10. The molecule has 1 aliphatic rings. The molecule has 0 aliphatic carbocycles. The first-order valence-electron chi connectivity index (χ1n) is 7.35. The van der Waals surface area contributed by atoms with Gasteiger partial charge < -0.3 is 14.2 Å². The summed E-state index contributed by atoms with van der Waals surface area (Å²) in [5.41, 5.74) is 0. The van der Waals surface area contributed by atoms with Crippen LogP contribution in [0, 0.1) is 29.1 Å². The van der Waals surface area contributed by atoms with Crippen LogP contribution in [0.1, 0.15) is 0 Å². The summed E-state index contributed by atoms with van der Waals surface area (Å²) in [6, 6.07) is 0. The Hall–Kier alpha value is -1.44. The number of morpholine rings is 1. The zero-order valence-corrected chi connectivity index (χ0v) is 15.6. The van der Waals surface area contributed by atoms with Gasteiger partial charge in [0, 0.05) is 13.1 Å². The van der Waals surface area contributed by atoms with Crippen LogP contribution in [-0.4, -0.2) is 56.6 Å². The molecule has 0 saturated carbocycles. The van der Waals surface area contributed by atoms with E-state index in [1.54, 1.807) is 19.0 Å². The molecule has 1 aromatic carbocycles. The van der Waals surface area contributed by atoms with Gasteiger partial charge in [-0.25, -0.2) is 13.2 Å². The number of hydrogen-bond acceptors (Lipinski definition) is 4. The van der Waals surface area contributed by atoms with Gasteiger partial charge in [-0.1, -0.05) is 0 Å². The Morgan fingerprint density at radius 2 is 1.17 bits per heavy atom. The molecule has 0 amide bonds. The molecule has 0 N–H and O–H groups in total. The zero-order chi connectivity index (χ0) is 21.9. The predicted molar refractivity (Wildman–Crippen MR) is 79.2 cm³/mol. The minimum absolute atomic E-state index is 0. The average molecular weight is 471 g/mol. The van der Waals surface area contributed by atoms with Crippen molar-refractivity contribution in [2.75, 3.05) is 40.4 Å². The van der Waals surface area contributed by atoms with E-state index in [1.165, 1.54) is 4.90 Å². The number of benzene rings is 1. The fraction of sp³-hybridized carbons (Fsp3) is 0.538. The largest absolute Gasteiger partial charge is 1.00 e. The van der Waals surface area contributed by atoms with Crippen LogP contribution in [0.3, 0.4) is 0 Å². The van der Waals surface area contributed by atoms with Crippen LogP contribution in [0.25, 0.3) is 0 Å². The molecule has 1 aromatic rings. The van der Waals surface area contributed by atoms with Crippen LogP contribution in [-0.2, 0) is 4.74 Å². The minimum atomic E-state index is -8.55. The van der Waals surface area contributed by atoms with Crippen LogP contribution < -0.4 is 9.44 Å². The molecule has 0 bridgehead atoms. The molecule has 29 heavy (non-hydrogen) atoms. The van der Waals surface area contributed by atoms with Gasteiger partial charge in [-0.05, 0) is 14.1 Å². The van der Waals surface area contributed by atoms with E-state index in [4.69, 9.17) is 9.47 Å². The summed E-state index contributed by atoms with van der Waals surface area (Å²) >= 11 is 0. The Balaban J connectivity index is 0.000000981. The molecule has 16 heteroatoms. The zero-order valence-electron chi connectivity index (χ0n) is 14.7. The third-order valence-corrected chi connectivity index (χ3v) is 3.19. The molecule has 172 valence electrons. The number of nitrogens with zero attached hydrogens (tertiary/aromatic N) is 2. The molecule has 1 unspecified atom stereocenters. The maximum atomic E-state index is 13.7. The van der Waals surface area contributed by atoms with Crippen molar-refractivity contribution in [2.45, 2.75) is 6.35 Å². The first kappa shape index (κ1) is 27.6. The third-order valence-electron chi connectivity index (χ3n) is 3.19. The molecule has 1 saturated heterocycles. The van der Waals surface area contributed by atoms with Crippen LogP contribution in [0.2, 0.25) is 0 Å². The van der Waals surface area contributed by atoms with Gasteiger partial charge >= 0.3 is 29.1 Å². The standard InChI is InChI=1S/C13H15F5N2O2.F5P.FH/c1-19(2)13(20-3-5-21-6-4-20)22-12-10(17)8(15)7(14)9(16)11(12)18;1-6(2,3,4)5;/h13H,3-6H2,1-2H3;;1H/p-1. The van der Waals surface area contributed by atoms with Crippen LogP contribution in [0.15, 0.2) is 0 Å². The number of rotatable bonds is 4. The predicted octanol–water partition coefficient (Wildman–Crippen LogP) is 1.90. The number of ether oxygens (including phenoxy) is 2. The molecule has 2 rings (SSSR count). The quantitative estimate of drug-likeness (QED) is 0.220. The molecular formula is C13H15F11N2O2P-. The maximum Gasteiger partial charge on any atom is -1.00 e. The van der Waals surface area contributed by atoms with Crippen LogP contribution >= 0.6 is 8.16 Å². The Morgan fingerprint density at radius 3 is 1.52 bits per heavy atom. The van der Waals surface area contributed by atoms with Gasteiger partial charge in [0.05, 0.1) is 13.2 Å². The molecule has 1 heterocycles. The van der Waals surface area contributed by atoms with Crippen molar-refractivity contribution in [3.05, 3.63) is 29.1 Å².